The lowest BCUT2D eigenvalue weighted by atomic mass is 10.1. The van der Waals surface area contributed by atoms with Gasteiger partial charge in [-0.2, -0.15) is 0 Å². The minimum atomic E-state index is -0.515. The molecule has 0 amide bonds. The van der Waals surface area contributed by atoms with Crippen LogP contribution in [0.2, 0.25) is 0 Å². The second-order valence-electron chi connectivity index (χ2n) is 3.30. The van der Waals surface area contributed by atoms with Gasteiger partial charge in [0.05, 0.1) is 0 Å². The van der Waals surface area contributed by atoms with Gasteiger partial charge in [-0.1, -0.05) is 12.2 Å². The summed E-state index contributed by atoms with van der Waals surface area (Å²) in [6.07, 6.45) is 4.58. The van der Waals surface area contributed by atoms with Crippen molar-refractivity contribution in [2.45, 2.75) is 13.3 Å². The van der Waals surface area contributed by atoms with Crippen LogP contribution in [-0.4, -0.2) is 13.1 Å². The molecule has 0 aliphatic carbocycles. The first-order valence-electron chi connectivity index (χ1n) is 4.99. The van der Waals surface area contributed by atoms with Crippen molar-refractivity contribution < 1.29 is 8.78 Å². The van der Waals surface area contributed by atoms with Crippen molar-refractivity contribution in [3.8, 4) is 0 Å². The van der Waals surface area contributed by atoms with E-state index in [1.54, 1.807) is 0 Å². The van der Waals surface area contributed by atoms with Crippen LogP contribution in [0.5, 0.6) is 0 Å². The molecule has 82 valence electrons. The highest BCUT2D eigenvalue weighted by atomic mass is 19.1. The summed E-state index contributed by atoms with van der Waals surface area (Å²) in [7, 11) is 0. The lowest BCUT2D eigenvalue weighted by Crippen LogP contribution is -2.17. The molecule has 0 saturated carbocycles. The quantitative estimate of drug-likeness (QED) is 0.583. The maximum Gasteiger partial charge on any atom is 0.126 e. The van der Waals surface area contributed by atoms with E-state index in [9.17, 15) is 8.78 Å². The minimum Gasteiger partial charge on any atom is -0.313 e. The van der Waals surface area contributed by atoms with Gasteiger partial charge in [0.1, 0.15) is 11.6 Å². The summed E-state index contributed by atoms with van der Waals surface area (Å²) < 4.78 is 25.6. The molecule has 0 aliphatic heterocycles. The maximum absolute atomic E-state index is 12.8. The molecule has 0 saturated heterocycles. The van der Waals surface area contributed by atoms with Crippen molar-refractivity contribution in [3.63, 3.8) is 0 Å². The van der Waals surface area contributed by atoms with Crippen LogP contribution in [-0.2, 0) is 6.42 Å². The molecule has 0 aliphatic rings. The summed E-state index contributed by atoms with van der Waals surface area (Å²) >= 11 is 0. The zero-order valence-electron chi connectivity index (χ0n) is 8.76. The lowest BCUT2D eigenvalue weighted by Gasteiger charge is -2.02. The number of hydrogen-bond acceptors (Lipinski definition) is 1. The number of allylic oxidation sites excluding steroid dienone is 1. The van der Waals surface area contributed by atoms with Gasteiger partial charge in [0.25, 0.3) is 0 Å². The fourth-order valence-electron chi connectivity index (χ4n) is 1.29. The fourth-order valence-corrected chi connectivity index (χ4v) is 1.29. The zero-order chi connectivity index (χ0) is 11.1. The summed E-state index contributed by atoms with van der Waals surface area (Å²) in [6, 6.07) is 3.61. The van der Waals surface area contributed by atoms with E-state index in [2.05, 4.69) is 5.32 Å². The van der Waals surface area contributed by atoms with Crippen LogP contribution in [0.4, 0.5) is 8.78 Å². The highest BCUT2D eigenvalue weighted by Gasteiger charge is 1.99. The first-order valence-corrected chi connectivity index (χ1v) is 4.99. The smallest absolute Gasteiger partial charge is 0.126 e. The van der Waals surface area contributed by atoms with Crippen molar-refractivity contribution in [3.05, 3.63) is 47.5 Å². The van der Waals surface area contributed by atoms with E-state index >= 15 is 0 Å². The Labute approximate surface area is 88.8 Å². The molecule has 0 atom stereocenters. The summed E-state index contributed by atoms with van der Waals surface area (Å²) in [5.74, 6) is -1.03. The Balaban J connectivity index is 2.37. The van der Waals surface area contributed by atoms with Crippen LogP contribution in [0.3, 0.4) is 0 Å². The van der Waals surface area contributed by atoms with Crippen LogP contribution in [0.1, 0.15) is 12.5 Å². The van der Waals surface area contributed by atoms with E-state index in [1.165, 1.54) is 12.1 Å². The van der Waals surface area contributed by atoms with Crippen molar-refractivity contribution in [1.82, 2.24) is 5.32 Å². The highest BCUT2D eigenvalue weighted by Crippen LogP contribution is 2.07. The standard InChI is InChI=1S/C12H15F2N/c1-2-3-5-15-6-4-10-7-11(13)9-12(14)8-10/h2-3,7-9,15H,4-6H2,1H3/b3-2+. The van der Waals surface area contributed by atoms with Crippen molar-refractivity contribution in [1.29, 1.82) is 0 Å². The number of halogens is 2. The Morgan fingerprint density at radius 3 is 2.47 bits per heavy atom. The fraction of sp³-hybridized carbons (Fsp3) is 0.333. The molecule has 1 rings (SSSR count). The van der Waals surface area contributed by atoms with Gasteiger partial charge in [0.2, 0.25) is 0 Å². The first-order chi connectivity index (χ1) is 7.22. The topological polar surface area (TPSA) is 12.0 Å². The normalized spacial score (nSPS) is 11.1. The molecule has 0 radical (unpaired) electrons. The molecule has 0 spiro atoms. The largest absolute Gasteiger partial charge is 0.313 e. The Morgan fingerprint density at radius 2 is 1.87 bits per heavy atom. The van der Waals surface area contributed by atoms with Crippen LogP contribution < -0.4 is 5.32 Å². The van der Waals surface area contributed by atoms with E-state index < -0.39 is 11.6 Å². The molecule has 0 fully saturated rings. The SMILES string of the molecule is C/C=C/CNCCc1cc(F)cc(F)c1. The molecule has 3 heteroatoms. The van der Waals surface area contributed by atoms with Crippen molar-refractivity contribution in [2.75, 3.05) is 13.1 Å². The van der Waals surface area contributed by atoms with Crippen LogP contribution in [0.15, 0.2) is 30.4 Å². The Hall–Kier alpha value is -1.22. The third kappa shape index (κ3) is 4.70. The van der Waals surface area contributed by atoms with Gasteiger partial charge < -0.3 is 5.32 Å². The van der Waals surface area contributed by atoms with E-state index in [-0.39, 0.29) is 0 Å². The monoisotopic (exact) mass is 211 g/mol. The Kier molecular flexibility index (Phi) is 4.98. The van der Waals surface area contributed by atoms with Gasteiger partial charge in [0, 0.05) is 12.6 Å². The average Bonchev–Trinajstić information content (AvgIpc) is 2.16. The second-order valence-corrected chi connectivity index (χ2v) is 3.30. The predicted octanol–water partition coefficient (Wildman–Crippen LogP) is 2.67. The Bertz CT molecular complexity index is 314. The molecule has 1 aromatic carbocycles. The molecule has 1 nitrogen and oxygen atoms in total. The highest BCUT2D eigenvalue weighted by molar-refractivity contribution is 5.18. The lowest BCUT2D eigenvalue weighted by molar-refractivity contribution is 0.578. The molecule has 15 heavy (non-hydrogen) atoms. The molecule has 0 aromatic heterocycles. The predicted molar refractivity (Wildman–Crippen MR) is 57.7 cm³/mol. The van der Waals surface area contributed by atoms with Gasteiger partial charge in [0.15, 0.2) is 0 Å². The van der Waals surface area contributed by atoms with Gasteiger partial charge in [-0.15, -0.1) is 0 Å². The molecule has 1 N–H and O–H groups in total. The summed E-state index contributed by atoms with van der Waals surface area (Å²) in [5, 5.41) is 3.14. The number of hydrogen-bond donors (Lipinski definition) is 1. The Morgan fingerprint density at radius 1 is 1.20 bits per heavy atom. The second kappa shape index (κ2) is 6.30. The van der Waals surface area contributed by atoms with E-state index in [0.717, 1.165) is 12.6 Å². The molecule has 0 heterocycles. The van der Waals surface area contributed by atoms with Gasteiger partial charge in [-0.3, -0.25) is 0 Å². The third-order valence-corrected chi connectivity index (χ3v) is 2.01. The number of rotatable bonds is 5. The van der Waals surface area contributed by atoms with Crippen LogP contribution in [0, 0.1) is 11.6 Å². The molecule has 0 unspecified atom stereocenters. The van der Waals surface area contributed by atoms with Crippen molar-refractivity contribution >= 4 is 0 Å². The van der Waals surface area contributed by atoms with E-state index in [0.29, 0.717) is 18.5 Å². The van der Waals surface area contributed by atoms with Crippen LogP contribution >= 0.6 is 0 Å². The molecule has 0 bridgehead atoms. The first kappa shape index (κ1) is 11.9. The maximum atomic E-state index is 12.8. The van der Waals surface area contributed by atoms with Crippen molar-refractivity contribution in [2.24, 2.45) is 0 Å². The number of nitrogens with one attached hydrogen (secondary N) is 1. The number of benzene rings is 1. The van der Waals surface area contributed by atoms with Crippen LogP contribution in [0.25, 0.3) is 0 Å². The van der Waals surface area contributed by atoms with Gasteiger partial charge in [-0.05, 0) is 37.6 Å². The summed E-state index contributed by atoms with van der Waals surface area (Å²) in [6.45, 7) is 3.45. The van der Waals surface area contributed by atoms with Gasteiger partial charge >= 0.3 is 0 Å². The summed E-state index contributed by atoms with van der Waals surface area (Å²) in [4.78, 5) is 0. The summed E-state index contributed by atoms with van der Waals surface area (Å²) in [5.41, 5.74) is 0.681. The zero-order valence-corrected chi connectivity index (χ0v) is 8.76. The third-order valence-electron chi connectivity index (χ3n) is 2.01. The molecular formula is C12H15F2N. The molecule has 1 aromatic rings. The van der Waals surface area contributed by atoms with Gasteiger partial charge in [-0.25, -0.2) is 8.78 Å². The minimum absolute atomic E-state index is 0.515. The van der Waals surface area contributed by atoms with E-state index in [1.807, 2.05) is 19.1 Å². The van der Waals surface area contributed by atoms with E-state index in [4.69, 9.17) is 0 Å². The molecular weight excluding hydrogens is 196 g/mol. The average molecular weight is 211 g/mol.